The zero-order valence-electron chi connectivity index (χ0n) is 6.86. The van der Waals surface area contributed by atoms with Crippen LogP contribution in [0, 0.1) is 0 Å². The molecule has 0 heterocycles. The van der Waals surface area contributed by atoms with E-state index in [1.165, 1.54) is 13.1 Å². The summed E-state index contributed by atoms with van der Waals surface area (Å²) in [5.74, 6) is 0. The molecule has 0 saturated heterocycles. The van der Waals surface area contributed by atoms with Gasteiger partial charge in [-0.3, -0.25) is 0 Å². The Balaban J connectivity index is 0. The fourth-order valence-electron chi connectivity index (χ4n) is 0.933. The Morgan fingerprint density at radius 1 is 1.20 bits per heavy atom. The second-order valence-electron chi connectivity index (χ2n) is 2.28. The molecule has 0 bridgehead atoms. The van der Waals surface area contributed by atoms with Gasteiger partial charge in [-0.25, -0.2) is 0 Å². The van der Waals surface area contributed by atoms with Gasteiger partial charge >= 0.3 is 0 Å². The number of nitrogens with one attached hydrogen (secondary N) is 1. The van der Waals surface area contributed by atoms with E-state index in [0.29, 0.717) is 6.61 Å². The predicted molar refractivity (Wildman–Crippen MR) is 38.6 cm³/mol. The molecule has 0 unspecified atom stereocenters. The number of aliphatic hydroxyl groups is 1. The maximum atomic E-state index is 8.49. The Bertz CT molecular complexity index is 57.6. The standard InChI is InChI=1S/C7H17NO.ClH/c1-3-8(4-2)6-5-7-9;/h9H,3-7H2,1-2H3;1H. The van der Waals surface area contributed by atoms with Gasteiger partial charge in [-0.1, -0.05) is 0 Å². The molecule has 0 aliphatic carbocycles. The van der Waals surface area contributed by atoms with Gasteiger partial charge in [0.1, 0.15) is 0 Å². The van der Waals surface area contributed by atoms with E-state index in [2.05, 4.69) is 13.8 Å². The van der Waals surface area contributed by atoms with E-state index in [1.54, 1.807) is 4.90 Å². The summed E-state index contributed by atoms with van der Waals surface area (Å²) in [6, 6.07) is 0. The quantitative estimate of drug-likeness (QED) is 0.433. The number of rotatable bonds is 5. The molecule has 0 fully saturated rings. The predicted octanol–water partition coefficient (Wildman–Crippen LogP) is -3.70. The third kappa shape index (κ3) is 6.33. The molecular weight excluding hydrogens is 150 g/mol. The molecule has 0 atom stereocenters. The summed E-state index contributed by atoms with van der Waals surface area (Å²) >= 11 is 0. The van der Waals surface area contributed by atoms with E-state index < -0.39 is 0 Å². The van der Waals surface area contributed by atoms with Crippen LogP contribution in [0.1, 0.15) is 20.3 Å². The van der Waals surface area contributed by atoms with Gasteiger partial charge in [0.05, 0.1) is 19.6 Å². The van der Waals surface area contributed by atoms with Crippen LogP contribution < -0.4 is 17.3 Å². The monoisotopic (exact) mass is 167 g/mol. The maximum Gasteiger partial charge on any atom is 0.0792 e. The van der Waals surface area contributed by atoms with Crippen molar-refractivity contribution in [2.45, 2.75) is 20.3 Å². The van der Waals surface area contributed by atoms with E-state index in [9.17, 15) is 0 Å². The molecule has 0 aromatic heterocycles. The second kappa shape index (κ2) is 9.21. The van der Waals surface area contributed by atoms with Crippen molar-refractivity contribution in [3.05, 3.63) is 0 Å². The Hall–Kier alpha value is 0.210. The van der Waals surface area contributed by atoms with E-state index in [1.807, 2.05) is 0 Å². The first-order valence-electron chi connectivity index (χ1n) is 3.79. The Labute approximate surface area is 69.6 Å². The van der Waals surface area contributed by atoms with Crippen LogP contribution in [0.25, 0.3) is 0 Å². The van der Waals surface area contributed by atoms with E-state index in [-0.39, 0.29) is 12.4 Å². The lowest BCUT2D eigenvalue weighted by Gasteiger charge is -2.13. The van der Waals surface area contributed by atoms with Crippen LogP contribution >= 0.6 is 0 Å². The Morgan fingerprint density at radius 3 is 2.00 bits per heavy atom. The molecule has 0 aromatic rings. The van der Waals surface area contributed by atoms with E-state index in [0.717, 1.165) is 13.0 Å². The van der Waals surface area contributed by atoms with Crippen LogP contribution in [-0.2, 0) is 0 Å². The molecular formula is C7H18ClNO. The lowest BCUT2D eigenvalue weighted by Crippen LogP contribution is -3.11. The van der Waals surface area contributed by atoms with Crippen LogP contribution in [-0.4, -0.2) is 31.3 Å². The molecule has 0 aliphatic heterocycles. The van der Waals surface area contributed by atoms with Crippen LogP contribution in [0.4, 0.5) is 0 Å². The second-order valence-corrected chi connectivity index (χ2v) is 2.28. The molecule has 64 valence electrons. The summed E-state index contributed by atoms with van der Waals surface area (Å²) in [5, 5.41) is 8.49. The first-order chi connectivity index (χ1) is 4.35. The highest BCUT2D eigenvalue weighted by Gasteiger charge is 1.98. The summed E-state index contributed by atoms with van der Waals surface area (Å²) in [7, 11) is 0. The molecule has 0 rings (SSSR count). The Morgan fingerprint density at radius 2 is 1.70 bits per heavy atom. The summed E-state index contributed by atoms with van der Waals surface area (Å²) in [6.45, 7) is 8.16. The highest BCUT2D eigenvalue weighted by Crippen LogP contribution is 1.65. The molecule has 3 heteroatoms. The van der Waals surface area contributed by atoms with Gasteiger partial charge < -0.3 is 22.4 Å². The highest BCUT2D eigenvalue weighted by atomic mass is 35.5. The van der Waals surface area contributed by atoms with E-state index >= 15 is 0 Å². The fourth-order valence-corrected chi connectivity index (χ4v) is 0.933. The van der Waals surface area contributed by atoms with Crippen molar-refractivity contribution in [3.63, 3.8) is 0 Å². The van der Waals surface area contributed by atoms with Crippen molar-refractivity contribution >= 4 is 0 Å². The molecule has 0 aromatic carbocycles. The average molecular weight is 168 g/mol. The molecule has 0 radical (unpaired) electrons. The van der Waals surface area contributed by atoms with Crippen LogP contribution in [0.15, 0.2) is 0 Å². The first kappa shape index (κ1) is 12.8. The molecule has 0 aliphatic rings. The van der Waals surface area contributed by atoms with Crippen LogP contribution in [0.2, 0.25) is 0 Å². The van der Waals surface area contributed by atoms with Crippen LogP contribution in [0.3, 0.4) is 0 Å². The maximum absolute atomic E-state index is 8.49. The molecule has 10 heavy (non-hydrogen) atoms. The van der Waals surface area contributed by atoms with Gasteiger partial charge in [0, 0.05) is 13.0 Å². The van der Waals surface area contributed by atoms with Crippen LogP contribution in [0.5, 0.6) is 0 Å². The van der Waals surface area contributed by atoms with Gasteiger partial charge in [0.15, 0.2) is 0 Å². The molecule has 2 nitrogen and oxygen atoms in total. The number of halogens is 1. The summed E-state index contributed by atoms with van der Waals surface area (Å²) < 4.78 is 0. The number of hydrogen-bond acceptors (Lipinski definition) is 1. The summed E-state index contributed by atoms with van der Waals surface area (Å²) in [4.78, 5) is 1.57. The fraction of sp³-hybridized carbons (Fsp3) is 1.00. The van der Waals surface area contributed by atoms with Gasteiger partial charge in [0.25, 0.3) is 0 Å². The van der Waals surface area contributed by atoms with Gasteiger partial charge in [-0.15, -0.1) is 0 Å². The SMILES string of the molecule is CC[NH+](CC)CCCO.[Cl-]. The highest BCUT2D eigenvalue weighted by molar-refractivity contribution is 4.27. The number of quaternary nitrogens is 1. The molecule has 2 N–H and O–H groups in total. The van der Waals surface area contributed by atoms with Crippen molar-refractivity contribution in [2.75, 3.05) is 26.2 Å². The molecule has 0 saturated carbocycles. The molecule has 0 spiro atoms. The summed E-state index contributed by atoms with van der Waals surface area (Å²) in [5.41, 5.74) is 0. The lowest BCUT2D eigenvalue weighted by molar-refractivity contribution is -0.896. The number of aliphatic hydroxyl groups excluding tert-OH is 1. The van der Waals surface area contributed by atoms with Crippen molar-refractivity contribution in [2.24, 2.45) is 0 Å². The smallest absolute Gasteiger partial charge is 0.0792 e. The summed E-state index contributed by atoms with van der Waals surface area (Å²) in [6.07, 6.45) is 0.941. The molecule has 0 amide bonds. The topological polar surface area (TPSA) is 24.7 Å². The van der Waals surface area contributed by atoms with E-state index in [4.69, 9.17) is 5.11 Å². The van der Waals surface area contributed by atoms with Crippen molar-refractivity contribution in [1.29, 1.82) is 0 Å². The lowest BCUT2D eigenvalue weighted by atomic mass is 10.4. The van der Waals surface area contributed by atoms with Crippen molar-refractivity contribution < 1.29 is 22.4 Å². The van der Waals surface area contributed by atoms with Crippen molar-refractivity contribution in [3.8, 4) is 0 Å². The minimum Gasteiger partial charge on any atom is -1.00 e. The van der Waals surface area contributed by atoms with Gasteiger partial charge in [-0.2, -0.15) is 0 Å². The minimum atomic E-state index is 0. The zero-order valence-corrected chi connectivity index (χ0v) is 7.62. The van der Waals surface area contributed by atoms with Gasteiger partial charge in [-0.05, 0) is 13.8 Å². The third-order valence-electron chi connectivity index (χ3n) is 1.69. The van der Waals surface area contributed by atoms with Gasteiger partial charge in [0.2, 0.25) is 0 Å². The van der Waals surface area contributed by atoms with Crippen molar-refractivity contribution in [1.82, 2.24) is 0 Å². The first-order valence-corrected chi connectivity index (χ1v) is 3.79. The average Bonchev–Trinajstić information content (AvgIpc) is 1.91. The normalized spacial score (nSPS) is 9.60. The number of hydrogen-bond donors (Lipinski definition) is 2. The zero-order chi connectivity index (χ0) is 7.11. The third-order valence-corrected chi connectivity index (χ3v) is 1.69. The largest absolute Gasteiger partial charge is 1.00 e. The minimum absolute atomic E-state index is 0. The Kier molecular flexibility index (Phi) is 11.8.